The van der Waals surface area contributed by atoms with Crippen molar-refractivity contribution < 1.29 is 32.2 Å². The summed E-state index contributed by atoms with van der Waals surface area (Å²) >= 11 is 5.90. The fourth-order valence-electron chi connectivity index (χ4n) is 3.68. The minimum Gasteiger partial charge on any atom is -0.403 e. The number of likely N-dealkylation sites (tertiary alicyclic amines) is 1. The summed E-state index contributed by atoms with van der Waals surface area (Å²) in [5, 5.41) is 11.5. The van der Waals surface area contributed by atoms with Crippen LogP contribution in [0.4, 0.5) is 17.6 Å². The molecule has 0 radical (unpaired) electrons. The molecule has 0 saturated carbocycles. The molecule has 0 amide bonds. The lowest BCUT2D eigenvalue weighted by atomic mass is 9.84. The fraction of sp³-hybridized carbons (Fsp3) is 0.409. The molecule has 1 heterocycles. The molecule has 0 atom stereocenters. The molecule has 0 unspecified atom stereocenters. The van der Waals surface area contributed by atoms with Crippen molar-refractivity contribution >= 4 is 17.4 Å². The molecule has 1 N–H and O–H groups in total. The Kier molecular flexibility index (Phi) is 7.24. The van der Waals surface area contributed by atoms with E-state index in [9.17, 15) is 27.5 Å². The van der Waals surface area contributed by atoms with E-state index in [1.54, 1.807) is 12.1 Å². The number of Topliss-reactive ketones (excluding diaryl/α,β-unsaturated/α-hetero) is 1. The highest BCUT2D eigenvalue weighted by Crippen LogP contribution is 2.33. The molecular formula is C22H22ClF4NO3. The molecule has 2 aromatic carbocycles. The highest BCUT2D eigenvalue weighted by Gasteiger charge is 2.34. The third kappa shape index (κ3) is 6.41. The molecule has 168 valence electrons. The molecule has 31 heavy (non-hydrogen) atoms. The molecule has 0 bridgehead atoms. The molecule has 4 nitrogen and oxygen atoms in total. The van der Waals surface area contributed by atoms with E-state index in [4.69, 9.17) is 11.6 Å². The Bertz CT molecular complexity index is 910. The summed E-state index contributed by atoms with van der Waals surface area (Å²) in [4.78, 5) is 14.4. The van der Waals surface area contributed by atoms with E-state index in [-0.39, 0.29) is 17.8 Å². The van der Waals surface area contributed by atoms with Crippen LogP contribution in [0.15, 0.2) is 42.5 Å². The minimum atomic E-state index is -5.04. The van der Waals surface area contributed by atoms with E-state index < -0.39 is 23.5 Å². The van der Waals surface area contributed by atoms with Crippen LogP contribution in [0.25, 0.3) is 0 Å². The Balaban J connectivity index is 1.48. The van der Waals surface area contributed by atoms with Crippen molar-refractivity contribution in [2.45, 2.75) is 37.6 Å². The van der Waals surface area contributed by atoms with Crippen molar-refractivity contribution in [1.29, 1.82) is 0 Å². The van der Waals surface area contributed by atoms with Crippen LogP contribution in [0.2, 0.25) is 5.02 Å². The largest absolute Gasteiger partial charge is 0.573 e. The zero-order valence-corrected chi connectivity index (χ0v) is 17.3. The second-order valence-corrected chi connectivity index (χ2v) is 8.04. The number of hydrogen-bond acceptors (Lipinski definition) is 4. The van der Waals surface area contributed by atoms with Crippen LogP contribution < -0.4 is 4.74 Å². The Morgan fingerprint density at radius 2 is 1.77 bits per heavy atom. The normalized spacial score (nSPS) is 16.8. The standard InChI is InChI=1S/C22H22ClF4NO3/c23-17-6-4-16(5-7-17)21(30)9-12-28(13-10-21)11-1-2-19(29)15-3-8-18(24)20(14-15)31-22(25,26)27/h3-8,14,30H,1-2,9-13H2. The zero-order chi connectivity index (χ0) is 22.6. The molecule has 2 aromatic rings. The first-order valence-electron chi connectivity index (χ1n) is 9.85. The number of aliphatic hydroxyl groups is 1. The minimum absolute atomic E-state index is 0.0311. The SMILES string of the molecule is O=C(CCCN1CCC(O)(c2ccc(Cl)cc2)CC1)c1ccc(F)c(OC(F)(F)F)c1. The van der Waals surface area contributed by atoms with Crippen LogP contribution in [0.5, 0.6) is 5.75 Å². The highest BCUT2D eigenvalue weighted by molar-refractivity contribution is 6.30. The second-order valence-electron chi connectivity index (χ2n) is 7.60. The van der Waals surface area contributed by atoms with E-state index in [1.807, 2.05) is 12.1 Å². The van der Waals surface area contributed by atoms with Crippen LogP contribution >= 0.6 is 11.6 Å². The lowest BCUT2D eigenvalue weighted by Crippen LogP contribution is -2.42. The van der Waals surface area contributed by atoms with Gasteiger partial charge in [0.05, 0.1) is 5.60 Å². The number of carbonyl (C=O) groups excluding carboxylic acids is 1. The highest BCUT2D eigenvalue weighted by atomic mass is 35.5. The fourth-order valence-corrected chi connectivity index (χ4v) is 3.81. The number of halogens is 5. The van der Waals surface area contributed by atoms with Gasteiger partial charge in [0.15, 0.2) is 17.3 Å². The van der Waals surface area contributed by atoms with Crippen LogP contribution in [-0.4, -0.2) is 41.8 Å². The summed E-state index contributed by atoms with van der Waals surface area (Å²) in [5.41, 5.74) is -0.128. The number of piperidine rings is 1. The number of ketones is 1. The summed E-state index contributed by atoms with van der Waals surface area (Å²) in [6.45, 7) is 1.90. The van der Waals surface area contributed by atoms with E-state index in [1.165, 1.54) is 0 Å². The monoisotopic (exact) mass is 459 g/mol. The summed E-state index contributed by atoms with van der Waals surface area (Å²) in [6.07, 6.45) is -3.36. The maximum atomic E-state index is 13.5. The van der Waals surface area contributed by atoms with E-state index in [2.05, 4.69) is 9.64 Å². The predicted octanol–water partition coefficient (Wildman–Crippen LogP) is 5.32. The number of hydrogen-bond donors (Lipinski definition) is 1. The molecular weight excluding hydrogens is 438 g/mol. The first-order chi connectivity index (χ1) is 14.6. The molecule has 9 heteroatoms. The molecule has 1 fully saturated rings. The molecule has 0 aliphatic carbocycles. The van der Waals surface area contributed by atoms with Gasteiger partial charge in [-0.15, -0.1) is 13.2 Å². The van der Waals surface area contributed by atoms with Crippen molar-refractivity contribution in [3.05, 3.63) is 64.4 Å². The smallest absolute Gasteiger partial charge is 0.403 e. The molecule has 0 spiro atoms. The van der Waals surface area contributed by atoms with E-state index >= 15 is 0 Å². The van der Waals surface area contributed by atoms with Crippen molar-refractivity contribution in [2.75, 3.05) is 19.6 Å². The Hall–Kier alpha value is -2.16. The maximum Gasteiger partial charge on any atom is 0.573 e. The second kappa shape index (κ2) is 9.54. The maximum absolute atomic E-state index is 13.5. The number of rotatable bonds is 7. The lowest BCUT2D eigenvalue weighted by Gasteiger charge is -2.38. The van der Waals surface area contributed by atoms with Crippen molar-refractivity contribution in [3.8, 4) is 5.75 Å². The number of carbonyl (C=O) groups is 1. The number of alkyl halides is 3. The van der Waals surface area contributed by atoms with Gasteiger partial charge in [0.1, 0.15) is 0 Å². The third-order valence-corrected chi connectivity index (χ3v) is 5.67. The van der Waals surface area contributed by atoms with Gasteiger partial charge in [-0.2, -0.15) is 0 Å². The van der Waals surface area contributed by atoms with Crippen molar-refractivity contribution in [2.24, 2.45) is 0 Å². The predicted molar refractivity (Wildman–Crippen MR) is 108 cm³/mol. The van der Waals surface area contributed by atoms with E-state index in [0.717, 1.165) is 23.8 Å². The lowest BCUT2D eigenvalue weighted by molar-refractivity contribution is -0.275. The molecule has 1 saturated heterocycles. The van der Waals surface area contributed by atoms with Crippen LogP contribution in [0, 0.1) is 5.82 Å². The summed E-state index contributed by atoms with van der Waals surface area (Å²) in [5.74, 6) is -2.59. The average Bonchev–Trinajstić information content (AvgIpc) is 2.70. The van der Waals surface area contributed by atoms with Gasteiger partial charge < -0.3 is 14.7 Å². The van der Waals surface area contributed by atoms with Crippen LogP contribution in [0.1, 0.15) is 41.6 Å². The Labute approximate surface area is 182 Å². The zero-order valence-electron chi connectivity index (χ0n) is 16.6. The summed E-state index contributed by atoms with van der Waals surface area (Å²) < 4.78 is 54.1. The van der Waals surface area contributed by atoms with Gasteiger partial charge in [0, 0.05) is 30.1 Å². The van der Waals surface area contributed by atoms with Crippen LogP contribution in [-0.2, 0) is 5.60 Å². The van der Waals surface area contributed by atoms with Crippen LogP contribution in [0.3, 0.4) is 0 Å². The summed E-state index contributed by atoms with van der Waals surface area (Å²) in [7, 11) is 0. The summed E-state index contributed by atoms with van der Waals surface area (Å²) in [6, 6.07) is 9.83. The topological polar surface area (TPSA) is 49.8 Å². The quantitative estimate of drug-likeness (QED) is 0.449. The molecule has 1 aliphatic rings. The van der Waals surface area contributed by atoms with Crippen molar-refractivity contribution in [3.63, 3.8) is 0 Å². The van der Waals surface area contributed by atoms with Gasteiger partial charge in [0.2, 0.25) is 0 Å². The first-order valence-corrected chi connectivity index (χ1v) is 10.2. The number of benzene rings is 2. The average molecular weight is 460 g/mol. The Morgan fingerprint density at radius 1 is 1.13 bits per heavy atom. The Morgan fingerprint density at radius 3 is 2.39 bits per heavy atom. The molecule has 0 aromatic heterocycles. The first kappa shape index (κ1) is 23.5. The van der Waals surface area contributed by atoms with Gasteiger partial charge in [0.25, 0.3) is 0 Å². The number of nitrogens with zero attached hydrogens (tertiary/aromatic N) is 1. The van der Waals surface area contributed by atoms with Gasteiger partial charge in [-0.1, -0.05) is 23.7 Å². The van der Waals surface area contributed by atoms with Gasteiger partial charge >= 0.3 is 6.36 Å². The third-order valence-electron chi connectivity index (χ3n) is 5.42. The van der Waals surface area contributed by atoms with Crippen molar-refractivity contribution in [1.82, 2.24) is 4.90 Å². The van der Waals surface area contributed by atoms with Gasteiger partial charge in [-0.05, 0) is 61.7 Å². The number of ether oxygens (including phenoxy) is 1. The molecule has 3 rings (SSSR count). The molecule has 1 aliphatic heterocycles. The van der Waals surface area contributed by atoms with Gasteiger partial charge in [-0.25, -0.2) is 4.39 Å². The van der Waals surface area contributed by atoms with Gasteiger partial charge in [-0.3, -0.25) is 4.79 Å². The van der Waals surface area contributed by atoms with E-state index in [0.29, 0.717) is 43.9 Å².